The van der Waals surface area contributed by atoms with Crippen molar-refractivity contribution in [3.63, 3.8) is 0 Å². The van der Waals surface area contributed by atoms with Crippen molar-refractivity contribution in [2.45, 2.75) is 6.92 Å². The molecule has 0 aromatic carbocycles. The van der Waals surface area contributed by atoms with Gasteiger partial charge in [-0.15, -0.1) is 0 Å². The Labute approximate surface area is 101 Å². The molecule has 0 aromatic heterocycles. The summed E-state index contributed by atoms with van der Waals surface area (Å²) < 4.78 is 10.9. The van der Waals surface area contributed by atoms with Crippen molar-refractivity contribution < 1.29 is 0 Å². The van der Waals surface area contributed by atoms with E-state index in [4.69, 9.17) is 33.7 Å². The van der Waals surface area contributed by atoms with Crippen molar-refractivity contribution in [3.05, 3.63) is 0 Å². The van der Waals surface area contributed by atoms with Crippen LogP contribution < -0.4 is 0 Å². The first-order valence-electron chi connectivity index (χ1n) is 4.07. The lowest BCUT2D eigenvalue weighted by atomic mass is 10.8. The van der Waals surface area contributed by atoms with E-state index in [2.05, 4.69) is 9.03 Å². The highest BCUT2D eigenvalue weighted by atomic mass is 35.7. The minimum absolute atomic E-state index is 0.769. The minimum atomic E-state index is -2.11. The largest absolute Gasteiger partial charge is 0.305 e. The first kappa shape index (κ1) is 13.8. The molecule has 9 heteroatoms. The van der Waals surface area contributed by atoms with E-state index in [1.54, 1.807) is 0 Å². The molecule has 84 valence electrons. The lowest BCUT2D eigenvalue weighted by Crippen LogP contribution is -2.15. The van der Waals surface area contributed by atoms with E-state index < -0.39 is 20.0 Å². The predicted molar refractivity (Wildman–Crippen MR) is 73.3 cm³/mol. The number of halogens is 3. The summed E-state index contributed by atoms with van der Waals surface area (Å²) in [6, 6.07) is 0. The van der Waals surface area contributed by atoms with Gasteiger partial charge in [-0.1, -0.05) is 20.2 Å². The second-order valence-electron chi connectivity index (χ2n) is 3.30. The summed E-state index contributed by atoms with van der Waals surface area (Å²) in [5.74, 6) is 0. The van der Waals surface area contributed by atoms with Gasteiger partial charge in [0.1, 0.15) is 17.9 Å². The molecule has 0 aliphatic carbocycles. The second kappa shape index (κ2) is 4.19. The van der Waals surface area contributed by atoms with Crippen LogP contribution in [0.15, 0.2) is 9.03 Å². The van der Waals surface area contributed by atoms with E-state index in [1.807, 2.05) is 31.4 Å². The molecule has 3 unspecified atom stereocenters. The SMILES string of the molecule is CCN1P(C)(Cl)=NP(C)(Cl)=N[P+]1(C)Cl. The van der Waals surface area contributed by atoms with Gasteiger partial charge < -0.3 is 0 Å². The van der Waals surface area contributed by atoms with Gasteiger partial charge in [0.2, 0.25) is 6.56 Å². The minimum Gasteiger partial charge on any atom is -0.212 e. The van der Waals surface area contributed by atoms with Gasteiger partial charge in [-0.2, -0.15) is 0 Å². The molecule has 3 atom stereocenters. The highest BCUT2D eigenvalue weighted by molar-refractivity contribution is 8.12. The second-order valence-corrected chi connectivity index (χ2v) is 16.6. The molecule has 1 aliphatic rings. The molecule has 0 fully saturated rings. The molecular weight excluding hydrogens is 301 g/mol. The summed E-state index contributed by atoms with van der Waals surface area (Å²) in [5.41, 5.74) is 0. The monoisotopic (exact) mass is 314 g/mol. The Kier molecular flexibility index (Phi) is 4.12. The molecule has 1 rings (SSSR count). The first-order valence-corrected chi connectivity index (χ1v) is 13.2. The van der Waals surface area contributed by atoms with Gasteiger partial charge in [-0.05, 0) is 18.2 Å². The maximum atomic E-state index is 6.40. The van der Waals surface area contributed by atoms with E-state index in [-0.39, 0.29) is 0 Å². The van der Waals surface area contributed by atoms with Gasteiger partial charge in [0.25, 0.3) is 0 Å². The molecule has 0 amide bonds. The average molecular weight is 315 g/mol. The number of hydrogen-bond donors (Lipinski definition) is 0. The van der Waals surface area contributed by atoms with Gasteiger partial charge in [0.05, 0.1) is 0 Å². The average Bonchev–Trinajstić information content (AvgIpc) is 1.76. The Morgan fingerprint density at radius 3 is 2.21 bits per heavy atom. The van der Waals surface area contributed by atoms with Crippen LogP contribution >= 0.6 is 53.8 Å². The van der Waals surface area contributed by atoms with Gasteiger partial charge >= 0.3 is 6.92 Å². The van der Waals surface area contributed by atoms with Gasteiger partial charge in [-0.25, -0.2) is 4.52 Å². The third kappa shape index (κ3) is 2.89. The summed E-state index contributed by atoms with van der Waals surface area (Å²) in [4.78, 5) is 0. The van der Waals surface area contributed by atoms with Gasteiger partial charge in [-0.3, -0.25) is 0 Å². The normalized spacial score (nSPS) is 49.6. The lowest BCUT2D eigenvalue weighted by molar-refractivity contribution is 0.743. The summed E-state index contributed by atoms with van der Waals surface area (Å²) in [5, 5.41) is 0. The van der Waals surface area contributed by atoms with E-state index in [0.29, 0.717) is 0 Å². The molecule has 0 aromatic rings. The third-order valence-corrected chi connectivity index (χ3v) is 15.5. The zero-order valence-electron chi connectivity index (χ0n) is 8.52. The van der Waals surface area contributed by atoms with Crippen LogP contribution in [0.5, 0.6) is 0 Å². The third-order valence-electron chi connectivity index (χ3n) is 1.78. The van der Waals surface area contributed by atoms with Crippen LogP contribution in [0.25, 0.3) is 0 Å². The molecule has 3 nitrogen and oxygen atoms in total. The van der Waals surface area contributed by atoms with E-state index in [9.17, 15) is 0 Å². The molecule has 0 radical (unpaired) electrons. The van der Waals surface area contributed by atoms with E-state index in [1.165, 1.54) is 0 Å². The zero-order valence-corrected chi connectivity index (χ0v) is 13.5. The van der Waals surface area contributed by atoms with Crippen molar-refractivity contribution in [3.8, 4) is 0 Å². The Morgan fingerprint density at radius 2 is 1.86 bits per heavy atom. The molecular formula is C5H14Cl3N3P3+. The molecule has 1 aliphatic heterocycles. The molecule has 1 heterocycles. The van der Waals surface area contributed by atoms with Crippen molar-refractivity contribution >= 4 is 53.8 Å². The number of hydrogen-bond acceptors (Lipinski definition) is 3. The van der Waals surface area contributed by atoms with Crippen LogP contribution in [-0.2, 0) is 0 Å². The quantitative estimate of drug-likeness (QED) is 0.566. The molecule has 0 saturated carbocycles. The van der Waals surface area contributed by atoms with Gasteiger partial charge in [0.15, 0.2) is 6.56 Å². The highest BCUT2D eigenvalue weighted by Crippen LogP contribution is 2.87. The van der Waals surface area contributed by atoms with Gasteiger partial charge in [0, 0.05) is 19.9 Å². The topological polar surface area (TPSA) is 28.0 Å². The van der Waals surface area contributed by atoms with Crippen molar-refractivity contribution in [1.82, 2.24) is 4.44 Å². The standard InChI is InChI=1S/C5H14Cl3N3P3/c1-5-11-13(3,7)9-12(2,6)10-14(11,4)8/h5H2,1-4H3/q+1. The predicted octanol–water partition coefficient (Wildman–Crippen LogP) is 5.75. The Morgan fingerprint density at radius 1 is 1.36 bits per heavy atom. The van der Waals surface area contributed by atoms with E-state index >= 15 is 0 Å². The highest BCUT2D eigenvalue weighted by Gasteiger charge is 2.50. The van der Waals surface area contributed by atoms with Crippen LogP contribution in [0, 0.1) is 0 Å². The van der Waals surface area contributed by atoms with E-state index in [0.717, 1.165) is 6.54 Å². The summed E-state index contributed by atoms with van der Waals surface area (Å²) >= 11 is 19.0. The Hall–Kier alpha value is 1.72. The van der Waals surface area contributed by atoms with Crippen molar-refractivity contribution in [2.75, 3.05) is 26.5 Å². The fourth-order valence-corrected chi connectivity index (χ4v) is 20.2. The maximum absolute atomic E-state index is 6.40. The fraction of sp³-hybridized carbons (Fsp3) is 1.00. The maximum Gasteiger partial charge on any atom is 0.305 e. The summed E-state index contributed by atoms with van der Waals surface area (Å²) in [6.45, 7) is 2.32. The van der Waals surface area contributed by atoms with Crippen LogP contribution in [-0.4, -0.2) is 31.0 Å². The fourth-order valence-electron chi connectivity index (χ4n) is 1.52. The van der Waals surface area contributed by atoms with Crippen LogP contribution in [0.2, 0.25) is 0 Å². The van der Waals surface area contributed by atoms with Crippen LogP contribution in [0.3, 0.4) is 0 Å². The summed E-state index contributed by atoms with van der Waals surface area (Å²) in [7, 11) is 0. The molecule has 0 spiro atoms. The summed E-state index contributed by atoms with van der Waals surface area (Å²) in [6.07, 6.45) is 0. The molecule has 0 N–H and O–H groups in total. The number of nitrogens with zero attached hydrogens (tertiary/aromatic N) is 3. The Bertz CT molecular complexity index is 341. The van der Waals surface area contributed by atoms with Crippen molar-refractivity contribution in [2.24, 2.45) is 9.03 Å². The number of rotatable bonds is 1. The van der Waals surface area contributed by atoms with Crippen LogP contribution in [0.1, 0.15) is 6.92 Å². The van der Waals surface area contributed by atoms with Crippen LogP contribution in [0.4, 0.5) is 0 Å². The zero-order chi connectivity index (χ0) is 11.2. The molecule has 14 heavy (non-hydrogen) atoms. The smallest absolute Gasteiger partial charge is 0.212 e. The lowest BCUT2D eigenvalue weighted by Gasteiger charge is -2.33. The molecule has 0 saturated heterocycles. The first-order chi connectivity index (χ1) is 6.11. The Balaban J connectivity index is 3.33. The molecule has 0 bridgehead atoms. The van der Waals surface area contributed by atoms with Crippen molar-refractivity contribution in [1.29, 1.82) is 0 Å².